The van der Waals surface area contributed by atoms with Crippen LogP contribution < -0.4 is 0 Å². The maximum Gasteiger partial charge on any atom is 0.137 e. The van der Waals surface area contributed by atoms with Gasteiger partial charge >= 0.3 is 0 Å². The Hall–Kier alpha value is -1.64. The molecule has 1 aromatic carbocycles. The van der Waals surface area contributed by atoms with E-state index in [9.17, 15) is 0 Å². The zero-order valence-electron chi connectivity index (χ0n) is 10.8. The summed E-state index contributed by atoms with van der Waals surface area (Å²) < 4.78 is 1.91. The van der Waals surface area contributed by atoms with Gasteiger partial charge in [-0.2, -0.15) is 5.10 Å². The van der Waals surface area contributed by atoms with Gasteiger partial charge in [0, 0.05) is 6.54 Å². The molecule has 2 rings (SSSR count). The highest BCUT2D eigenvalue weighted by atomic mass is 15.3. The van der Waals surface area contributed by atoms with Gasteiger partial charge < -0.3 is 0 Å². The van der Waals surface area contributed by atoms with Gasteiger partial charge in [-0.25, -0.2) is 4.98 Å². The first-order valence-corrected chi connectivity index (χ1v) is 6.81. The van der Waals surface area contributed by atoms with Gasteiger partial charge in [-0.3, -0.25) is 4.68 Å². The summed E-state index contributed by atoms with van der Waals surface area (Å²) >= 11 is 0. The molecule has 0 spiro atoms. The molecule has 0 saturated carbocycles. The molecule has 0 aliphatic rings. The summed E-state index contributed by atoms with van der Waals surface area (Å²) in [7, 11) is 0. The Balaban J connectivity index is 1.47. The summed E-state index contributed by atoms with van der Waals surface area (Å²) in [6.45, 7) is 0.999. The number of nitrogens with zero attached hydrogens (tertiary/aromatic N) is 3. The second-order valence-electron chi connectivity index (χ2n) is 4.66. The average molecular weight is 243 g/mol. The smallest absolute Gasteiger partial charge is 0.137 e. The third-order valence-electron chi connectivity index (χ3n) is 3.16. The Morgan fingerprint density at radius 1 is 0.889 bits per heavy atom. The van der Waals surface area contributed by atoms with E-state index < -0.39 is 0 Å². The molecule has 0 fully saturated rings. The van der Waals surface area contributed by atoms with Gasteiger partial charge in [-0.05, 0) is 24.8 Å². The van der Waals surface area contributed by atoms with Crippen molar-refractivity contribution < 1.29 is 0 Å². The topological polar surface area (TPSA) is 30.7 Å². The van der Waals surface area contributed by atoms with Crippen molar-refractivity contribution in [3.63, 3.8) is 0 Å². The van der Waals surface area contributed by atoms with Crippen LogP contribution >= 0.6 is 0 Å². The Morgan fingerprint density at radius 3 is 2.44 bits per heavy atom. The van der Waals surface area contributed by atoms with Crippen LogP contribution in [0.4, 0.5) is 0 Å². The van der Waals surface area contributed by atoms with E-state index in [1.807, 2.05) is 4.68 Å². The molecule has 0 atom stereocenters. The van der Waals surface area contributed by atoms with Crippen LogP contribution in [0.3, 0.4) is 0 Å². The number of aromatic nitrogens is 3. The Kier molecular flexibility index (Phi) is 5.44. The molecular formula is C15H21N3. The number of hydrogen-bond donors (Lipinski definition) is 0. The summed E-state index contributed by atoms with van der Waals surface area (Å²) in [4.78, 5) is 3.94. The lowest BCUT2D eigenvalue weighted by Crippen LogP contribution is -1.97. The van der Waals surface area contributed by atoms with E-state index in [2.05, 4.69) is 40.4 Å². The molecule has 0 saturated heterocycles. The Bertz CT molecular complexity index is 409. The van der Waals surface area contributed by atoms with Gasteiger partial charge in [0.2, 0.25) is 0 Å². The van der Waals surface area contributed by atoms with Crippen LogP contribution in [0.5, 0.6) is 0 Å². The molecule has 0 unspecified atom stereocenters. The first-order valence-electron chi connectivity index (χ1n) is 6.81. The lowest BCUT2D eigenvalue weighted by Gasteiger charge is -2.02. The third-order valence-corrected chi connectivity index (χ3v) is 3.16. The quantitative estimate of drug-likeness (QED) is 0.665. The van der Waals surface area contributed by atoms with Crippen LogP contribution in [0, 0.1) is 0 Å². The third kappa shape index (κ3) is 4.70. The molecule has 3 nitrogen and oxygen atoms in total. The first kappa shape index (κ1) is 12.8. The van der Waals surface area contributed by atoms with Gasteiger partial charge in [-0.1, -0.05) is 49.6 Å². The highest BCUT2D eigenvalue weighted by Gasteiger charge is 1.94. The molecule has 18 heavy (non-hydrogen) atoms. The van der Waals surface area contributed by atoms with Gasteiger partial charge in [0.05, 0.1) is 0 Å². The van der Waals surface area contributed by atoms with Crippen molar-refractivity contribution in [2.24, 2.45) is 0 Å². The van der Waals surface area contributed by atoms with E-state index in [4.69, 9.17) is 0 Å². The minimum Gasteiger partial charge on any atom is -0.253 e. The minimum atomic E-state index is 0.999. The van der Waals surface area contributed by atoms with Crippen molar-refractivity contribution >= 4 is 0 Å². The molecule has 0 radical (unpaired) electrons. The van der Waals surface area contributed by atoms with Crippen LogP contribution in [-0.4, -0.2) is 14.8 Å². The molecule has 1 aromatic heterocycles. The number of aryl methyl sites for hydroxylation is 2. The van der Waals surface area contributed by atoms with Crippen molar-refractivity contribution in [2.75, 3.05) is 0 Å². The van der Waals surface area contributed by atoms with E-state index >= 15 is 0 Å². The molecule has 3 heteroatoms. The van der Waals surface area contributed by atoms with E-state index in [0.717, 1.165) is 6.54 Å². The largest absolute Gasteiger partial charge is 0.253 e. The molecule has 0 bridgehead atoms. The van der Waals surface area contributed by atoms with Crippen molar-refractivity contribution in [1.82, 2.24) is 14.8 Å². The lowest BCUT2D eigenvalue weighted by atomic mass is 10.1. The normalized spacial score (nSPS) is 10.7. The molecule has 0 aliphatic carbocycles. The van der Waals surface area contributed by atoms with E-state index in [1.54, 1.807) is 12.7 Å². The SMILES string of the molecule is c1ccc(CCCCCCCn2cncn2)cc1. The average Bonchev–Trinajstić information content (AvgIpc) is 2.92. The van der Waals surface area contributed by atoms with E-state index in [-0.39, 0.29) is 0 Å². The summed E-state index contributed by atoms with van der Waals surface area (Å²) in [5.74, 6) is 0. The van der Waals surface area contributed by atoms with Gasteiger partial charge in [0.1, 0.15) is 12.7 Å². The fourth-order valence-electron chi connectivity index (χ4n) is 2.13. The predicted molar refractivity (Wildman–Crippen MR) is 73.3 cm³/mol. The van der Waals surface area contributed by atoms with E-state index in [1.165, 1.54) is 44.1 Å². The number of hydrogen-bond acceptors (Lipinski definition) is 2. The number of benzene rings is 1. The van der Waals surface area contributed by atoms with Crippen LogP contribution in [0.1, 0.15) is 37.7 Å². The standard InChI is InChI=1S/C15H21N3/c1(3-8-12-18-14-16-13-17-18)2-5-9-15-10-6-4-7-11-15/h4,6-7,10-11,13-14H,1-3,5,8-9,12H2. The van der Waals surface area contributed by atoms with Gasteiger partial charge in [0.25, 0.3) is 0 Å². The van der Waals surface area contributed by atoms with Crippen LogP contribution in [0.15, 0.2) is 43.0 Å². The summed E-state index contributed by atoms with van der Waals surface area (Å²) in [6, 6.07) is 10.7. The zero-order valence-corrected chi connectivity index (χ0v) is 10.8. The zero-order chi connectivity index (χ0) is 12.5. The Labute approximate surface area is 109 Å². The maximum absolute atomic E-state index is 4.10. The van der Waals surface area contributed by atoms with Crippen LogP contribution in [-0.2, 0) is 13.0 Å². The molecule has 2 aromatic rings. The van der Waals surface area contributed by atoms with Crippen molar-refractivity contribution in [3.8, 4) is 0 Å². The number of unbranched alkanes of at least 4 members (excludes halogenated alkanes) is 4. The van der Waals surface area contributed by atoms with Crippen molar-refractivity contribution in [1.29, 1.82) is 0 Å². The molecule has 96 valence electrons. The molecule has 1 heterocycles. The van der Waals surface area contributed by atoms with Gasteiger partial charge in [-0.15, -0.1) is 0 Å². The Morgan fingerprint density at radius 2 is 1.67 bits per heavy atom. The van der Waals surface area contributed by atoms with Crippen LogP contribution in [0.2, 0.25) is 0 Å². The van der Waals surface area contributed by atoms with Crippen molar-refractivity contribution in [3.05, 3.63) is 48.5 Å². The molecule has 0 N–H and O–H groups in total. The maximum atomic E-state index is 4.10. The molecule has 0 amide bonds. The minimum absolute atomic E-state index is 0.999. The number of rotatable bonds is 8. The molecular weight excluding hydrogens is 222 g/mol. The van der Waals surface area contributed by atoms with Gasteiger partial charge in [0.15, 0.2) is 0 Å². The van der Waals surface area contributed by atoms with E-state index in [0.29, 0.717) is 0 Å². The first-order chi connectivity index (χ1) is 8.95. The van der Waals surface area contributed by atoms with Crippen molar-refractivity contribution in [2.45, 2.75) is 45.1 Å². The fraction of sp³-hybridized carbons (Fsp3) is 0.467. The molecule has 0 aliphatic heterocycles. The monoisotopic (exact) mass is 243 g/mol. The summed E-state index contributed by atoms with van der Waals surface area (Å²) in [5, 5.41) is 4.10. The lowest BCUT2D eigenvalue weighted by molar-refractivity contribution is 0.528. The fourth-order valence-corrected chi connectivity index (χ4v) is 2.13. The second kappa shape index (κ2) is 7.64. The summed E-state index contributed by atoms with van der Waals surface area (Å²) in [5.41, 5.74) is 1.46. The highest BCUT2D eigenvalue weighted by molar-refractivity contribution is 5.14. The van der Waals surface area contributed by atoms with Crippen LogP contribution in [0.25, 0.3) is 0 Å². The second-order valence-corrected chi connectivity index (χ2v) is 4.66. The summed E-state index contributed by atoms with van der Waals surface area (Å²) in [6.07, 6.45) is 11.0. The predicted octanol–water partition coefficient (Wildman–Crippen LogP) is 3.47. The highest BCUT2D eigenvalue weighted by Crippen LogP contribution is 2.09.